The Morgan fingerprint density at radius 3 is 2.53 bits per heavy atom. The van der Waals surface area contributed by atoms with Crippen molar-refractivity contribution in [1.82, 2.24) is 19.7 Å². The van der Waals surface area contributed by atoms with Crippen molar-refractivity contribution in [3.63, 3.8) is 0 Å². The topological polar surface area (TPSA) is 52.8 Å². The van der Waals surface area contributed by atoms with Gasteiger partial charge in [0.2, 0.25) is 0 Å². The van der Waals surface area contributed by atoms with Gasteiger partial charge in [-0.25, -0.2) is 4.98 Å². The molecule has 0 N–H and O–H groups in total. The molecule has 0 bridgehead atoms. The van der Waals surface area contributed by atoms with Gasteiger partial charge in [0.25, 0.3) is 0 Å². The largest absolute Gasteiger partial charge is 0.483 e. The smallest absolute Gasteiger partial charge is 0.191 e. The minimum Gasteiger partial charge on any atom is -0.483 e. The van der Waals surface area contributed by atoms with Crippen LogP contribution in [0.25, 0.3) is 10.6 Å². The molecule has 1 unspecified atom stereocenters. The van der Waals surface area contributed by atoms with E-state index in [-0.39, 0.29) is 6.10 Å². The zero-order valence-electron chi connectivity index (χ0n) is 18.7. The molecule has 166 valence electrons. The van der Waals surface area contributed by atoms with Crippen LogP contribution in [0.4, 0.5) is 0 Å². The van der Waals surface area contributed by atoms with Gasteiger partial charge < -0.3 is 9.30 Å². The fourth-order valence-corrected chi connectivity index (χ4v) is 5.42. The number of hydrogen-bond acceptors (Lipinski definition) is 6. The van der Waals surface area contributed by atoms with Crippen LogP contribution < -0.4 is 4.74 Å². The van der Waals surface area contributed by atoms with Crippen LogP contribution in [0.5, 0.6) is 5.75 Å². The average Bonchev–Trinajstić information content (AvgIpc) is 3.37. The molecular formula is C24H25ClN4OS2. The van der Waals surface area contributed by atoms with E-state index in [9.17, 15) is 0 Å². The van der Waals surface area contributed by atoms with Crippen LogP contribution in [0.15, 0.2) is 46.9 Å². The third kappa shape index (κ3) is 4.85. The minimum atomic E-state index is -0.242. The predicted molar refractivity (Wildman–Crippen MR) is 133 cm³/mol. The van der Waals surface area contributed by atoms with Crippen LogP contribution >= 0.6 is 34.7 Å². The molecule has 8 heteroatoms. The monoisotopic (exact) mass is 484 g/mol. The molecule has 32 heavy (non-hydrogen) atoms. The van der Waals surface area contributed by atoms with Crippen LogP contribution in [0, 0.1) is 20.8 Å². The number of halogens is 1. The molecule has 1 atom stereocenters. The number of thioether (sulfide) groups is 1. The molecule has 0 aliphatic carbocycles. The summed E-state index contributed by atoms with van der Waals surface area (Å²) < 4.78 is 8.12. The number of aryl methyl sites for hydroxylation is 3. The first-order chi connectivity index (χ1) is 15.3. The van der Waals surface area contributed by atoms with Gasteiger partial charge in [0.05, 0.1) is 5.69 Å². The Kier molecular flexibility index (Phi) is 6.88. The number of ether oxygens (including phenoxy) is 1. The number of nitrogens with zero attached hydrogens (tertiary/aromatic N) is 4. The van der Waals surface area contributed by atoms with Crippen molar-refractivity contribution in [2.24, 2.45) is 7.05 Å². The second kappa shape index (κ2) is 9.65. The van der Waals surface area contributed by atoms with E-state index in [1.165, 1.54) is 11.1 Å². The fourth-order valence-electron chi connectivity index (χ4n) is 3.49. The highest BCUT2D eigenvalue weighted by atomic mass is 35.5. The summed E-state index contributed by atoms with van der Waals surface area (Å²) in [6, 6.07) is 12.2. The van der Waals surface area contributed by atoms with Crippen LogP contribution in [-0.4, -0.2) is 19.7 Å². The molecule has 0 aliphatic rings. The normalized spacial score (nSPS) is 12.2. The van der Waals surface area contributed by atoms with E-state index in [0.29, 0.717) is 0 Å². The van der Waals surface area contributed by atoms with E-state index < -0.39 is 0 Å². The van der Waals surface area contributed by atoms with Gasteiger partial charge in [0.1, 0.15) is 10.8 Å². The maximum Gasteiger partial charge on any atom is 0.191 e. The Morgan fingerprint density at radius 2 is 1.81 bits per heavy atom. The predicted octanol–water partition coefficient (Wildman–Crippen LogP) is 6.95. The quantitative estimate of drug-likeness (QED) is 0.265. The second-order valence-corrected chi connectivity index (χ2v) is 9.96. The van der Waals surface area contributed by atoms with Crippen LogP contribution in [0.2, 0.25) is 5.02 Å². The third-order valence-corrected chi connectivity index (χ3v) is 7.81. The van der Waals surface area contributed by atoms with E-state index in [1.54, 1.807) is 23.1 Å². The molecule has 2 heterocycles. The summed E-state index contributed by atoms with van der Waals surface area (Å²) in [6.45, 7) is 8.05. The van der Waals surface area contributed by atoms with Crippen molar-refractivity contribution in [1.29, 1.82) is 0 Å². The van der Waals surface area contributed by atoms with Crippen molar-refractivity contribution in [3.05, 3.63) is 75.0 Å². The molecule has 0 aliphatic heterocycles. The van der Waals surface area contributed by atoms with Crippen molar-refractivity contribution < 1.29 is 4.74 Å². The molecule has 2 aromatic heterocycles. The lowest BCUT2D eigenvalue weighted by Gasteiger charge is -2.16. The molecule has 4 rings (SSSR count). The number of hydrogen-bond donors (Lipinski definition) is 0. The van der Waals surface area contributed by atoms with Gasteiger partial charge in [-0.2, -0.15) is 0 Å². The van der Waals surface area contributed by atoms with Gasteiger partial charge in [0, 0.05) is 28.8 Å². The summed E-state index contributed by atoms with van der Waals surface area (Å²) in [5.74, 6) is 2.29. The Balaban J connectivity index is 1.43. The Morgan fingerprint density at radius 1 is 1.09 bits per heavy atom. The van der Waals surface area contributed by atoms with E-state index in [1.807, 2.05) is 44.5 Å². The number of aromatic nitrogens is 4. The summed E-state index contributed by atoms with van der Waals surface area (Å²) in [7, 11) is 1.97. The number of benzene rings is 2. The van der Waals surface area contributed by atoms with Crippen molar-refractivity contribution >= 4 is 34.7 Å². The van der Waals surface area contributed by atoms with E-state index in [4.69, 9.17) is 21.3 Å². The first kappa shape index (κ1) is 22.8. The lowest BCUT2D eigenvalue weighted by atomic mass is 10.1. The van der Waals surface area contributed by atoms with E-state index in [2.05, 4.69) is 46.8 Å². The van der Waals surface area contributed by atoms with Crippen LogP contribution in [0.3, 0.4) is 0 Å². The molecule has 0 amide bonds. The zero-order chi connectivity index (χ0) is 22.8. The Labute approximate surface area is 201 Å². The Hall–Kier alpha value is -2.35. The van der Waals surface area contributed by atoms with Gasteiger partial charge in [-0.05, 0) is 56.5 Å². The first-order valence-corrected chi connectivity index (χ1v) is 12.5. The van der Waals surface area contributed by atoms with Gasteiger partial charge in [-0.1, -0.05) is 47.6 Å². The maximum absolute atomic E-state index is 6.27. The van der Waals surface area contributed by atoms with Crippen molar-refractivity contribution in [2.45, 2.75) is 44.7 Å². The molecule has 5 nitrogen and oxygen atoms in total. The Bertz CT molecular complexity index is 1230. The van der Waals surface area contributed by atoms with Crippen molar-refractivity contribution in [2.75, 3.05) is 0 Å². The number of rotatable bonds is 7. The van der Waals surface area contributed by atoms with Gasteiger partial charge in [0.15, 0.2) is 17.1 Å². The molecule has 0 fully saturated rings. The molecule has 2 aromatic carbocycles. The highest BCUT2D eigenvalue weighted by molar-refractivity contribution is 7.98. The van der Waals surface area contributed by atoms with Crippen molar-refractivity contribution in [3.8, 4) is 16.3 Å². The van der Waals surface area contributed by atoms with Crippen LogP contribution in [-0.2, 0) is 12.8 Å². The third-order valence-electron chi connectivity index (χ3n) is 5.23. The fraction of sp³-hybridized carbons (Fsp3) is 0.292. The number of thiazole rings is 1. The molecule has 0 saturated heterocycles. The van der Waals surface area contributed by atoms with Crippen LogP contribution in [0.1, 0.15) is 41.2 Å². The van der Waals surface area contributed by atoms with Gasteiger partial charge in [-0.15, -0.1) is 21.5 Å². The van der Waals surface area contributed by atoms with E-state index in [0.717, 1.165) is 49.3 Å². The van der Waals surface area contributed by atoms with Gasteiger partial charge in [-0.3, -0.25) is 0 Å². The zero-order valence-corrected chi connectivity index (χ0v) is 21.1. The maximum atomic E-state index is 6.27. The summed E-state index contributed by atoms with van der Waals surface area (Å²) >= 11 is 9.57. The summed E-state index contributed by atoms with van der Waals surface area (Å²) in [5.41, 5.74) is 5.46. The highest BCUT2D eigenvalue weighted by Gasteiger charge is 2.18. The molecule has 0 saturated carbocycles. The minimum absolute atomic E-state index is 0.242. The summed E-state index contributed by atoms with van der Waals surface area (Å²) in [4.78, 5) is 4.81. The average molecular weight is 485 g/mol. The summed E-state index contributed by atoms with van der Waals surface area (Å²) in [6.07, 6.45) is -0.242. The van der Waals surface area contributed by atoms with Gasteiger partial charge >= 0.3 is 0 Å². The summed E-state index contributed by atoms with van der Waals surface area (Å²) in [5, 5.41) is 13.5. The lowest BCUT2D eigenvalue weighted by molar-refractivity contribution is 0.211. The molecular weight excluding hydrogens is 460 g/mol. The first-order valence-electron chi connectivity index (χ1n) is 10.3. The standard InChI is InChI=1S/C24H25ClN4OS2/c1-14-8-6-7-9-20(14)23-26-18(12-31-23)13-32-24-28-27-22(29(24)5)17(4)30-19-10-15(2)21(25)16(3)11-19/h6-12,17H,13H2,1-5H3. The molecule has 0 radical (unpaired) electrons. The SMILES string of the molecule is Cc1ccccc1-c1nc(CSc2nnc(C(C)Oc3cc(C)c(Cl)c(C)c3)n2C)cs1. The van der Waals surface area contributed by atoms with E-state index >= 15 is 0 Å². The lowest BCUT2D eigenvalue weighted by Crippen LogP contribution is -2.10. The molecule has 4 aromatic rings. The highest BCUT2D eigenvalue weighted by Crippen LogP contribution is 2.31. The second-order valence-electron chi connectivity index (χ2n) is 7.78. The molecule has 0 spiro atoms.